The molecular weight excluding hydrogens is 340 g/mol. The van der Waals surface area contributed by atoms with E-state index in [2.05, 4.69) is 10.3 Å². The van der Waals surface area contributed by atoms with Gasteiger partial charge >= 0.3 is 5.97 Å². The number of carbonyl (C=O) groups is 1. The van der Waals surface area contributed by atoms with Gasteiger partial charge in [-0.05, 0) is 48.9 Å². The van der Waals surface area contributed by atoms with Crippen LogP contribution in [0.1, 0.15) is 21.8 Å². The van der Waals surface area contributed by atoms with E-state index in [1.165, 1.54) is 7.11 Å². The van der Waals surface area contributed by atoms with Crippen LogP contribution < -0.4 is 5.32 Å². The molecule has 0 bridgehead atoms. The van der Waals surface area contributed by atoms with Gasteiger partial charge in [-0.3, -0.25) is 0 Å². The number of oxazole rings is 1. The summed E-state index contributed by atoms with van der Waals surface area (Å²) in [5, 5.41) is 3.91. The van der Waals surface area contributed by atoms with Crippen molar-refractivity contribution in [2.45, 2.75) is 13.5 Å². The largest absolute Gasteiger partial charge is 0.465 e. The van der Waals surface area contributed by atoms with Gasteiger partial charge < -0.3 is 14.5 Å². The highest BCUT2D eigenvalue weighted by Crippen LogP contribution is 2.23. The Morgan fingerprint density at radius 1 is 1.24 bits per heavy atom. The molecule has 1 N–H and O–H groups in total. The maximum atomic E-state index is 11.6. The van der Waals surface area contributed by atoms with E-state index in [0.717, 1.165) is 16.8 Å². The number of hydrogen-bond acceptors (Lipinski definition) is 5. The summed E-state index contributed by atoms with van der Waals surface area (Å²) >= 11 is 5.89. The molecule has 0 aliphatic rings. The van der Waals surface area contributed by atoms with Crippen LogP contribution in [0.5, 0.6) is 0 Å². The van der Waals surface area contributed by atoms with Gasteiger partial charge in [-0.2, -0.15) is 0 Å². The number of ether oxygens (including phenoxy) is 1. The zero-order valence-corrected chi connectivity index (χ0v) is 14.6. The van der Waals surface area contributed by atoms with Crippen molar-refractivity contribution in [3.63, 3.8) is 0 Å². The maximum absolute atomic E-state index is 11.6. The standard InChI is InChI=1S/C19H17ClN2O3/c1-12-3-4-14(19(23)24-2)9-16(12)21-11-18-22-10-17(25-18)13-5-7-15(20)8-6-13/h3-10,21H,11H2,1-2H3. The Kier molecular flexibility index (Phi) is 5.05. The van der Waals surface area contributed by atoms with Crippen molar-refractivity contribution < 1.29 is 13.9 Å². The number of halogens is 1. The second kappa shape index (κ2) is 7.40. The molecule has 0 radical (unpaired) electrons. The van der Waals surface area contributed by atoms with Crippen LogP contribution in [0.25, 0.3) is 11.3 Å². The number of nitrogens with zero attached hydrogens (tertiary/aromatic N) is 1. The normalized spacial score (nSPS) is 10.5. The van der Waals surface area contributed by atoms with E-state index in [1.54, 1.807) is 30.5 Å². The van der Waals surface area contributed by atoms with E-state index in [-0.39, 0.29) is 5.97 Å². The monoisotopic (exact) mass is 356 g/mol. The molecular formula is C19H17ClN2O3. The number of carbonyl (C=O) groups excluding carboxylic acids is 1. The molecule has 2 aromatic carbocycles. The van der Waals surface area contributed by atoms with Gasteiger partial charge in [0.1, 0.15) is 0 Å². The average Bonchev–Trinajstić information content (AvgIpc) is 3.10. The lowest BCUT2D eigenvalue weighted by Crippen LogP contribution is -2.05. The number of benzene rings is 2. The molecule has 0 fully saturated rings. The Labute approximate surface area is 150 Å². The summed E-state index contributed by atoms with van der Waals surface area (Å²) in [6.07, 6.45) is 1.68. The second-order valence-corrected chi connectivity index (χ2v) is 5.94. The zero-order chi connectivity index (χ0) is 17.8. The molecule has 0 unspecified atom stereocenters. The maximum Gasteiger partial charge on any atom is 0.337 e. The molecule has 0 saturated carbocycles. The fraction of sp³-hybridized carbons (Fsp3) is 0.158. The van der Waals surface area contributed by atoms with E-state index < -0.39 is 0 Å². The lowest BCUT2D eigenvalue weighted by atomic mass is 10.1. The topological polar surface area (TPSA) is 64.4 Å². The van der Waals surface area contributed by atoms with Crippen LogP contribution in [0.15, 0.2) is 53.1 Å². The van der Waals surface area contributed by atoms with E-state index in [9.17, 15) is 4.79 Å². The minimum absolute atomic E-state index is 0.371. The van der Waals surface area contributed by atoms with Gasteiger partial charge in [-0.25, -0.2) is 9.78 Å². The second-order valence-electron chi connectivity index (χ2n) is 5.50. The molecule has 0 aliphatic heterocycles. The van der Waals surface area contributed by atoms with Crippen molar-refractivity contribution in [3.05, 3.63) is 70.7 Å². The molecule has 0 spiro atoms. The first kappa shape index (κ1) is 17.0. The summed E-state index contributed by atoms with van der Waals surface area (Å²) in [4.78, 5) is 15.9. The number of aryl methyl sites for hydroxylation is 1. The first-order valence-corrected chi connectivity index (χ1v) is 8.08. The Morgan fingerprint density at radius 2 is 2.00 bits per heavy atom. The van der Waals surface area contributed by atoms with Gasteiger partial charge in [-0.15, -0.1) is 0 Å². The van der Waals surface area contributed by atoms with E-state index in [1.807, 2.05) is 25.1 Å². The number of aromatic nitrogens is 1. The molecule has 3 rings (SSSR count). The number of anilines is 1. The fourth-order valence-corrected chi connectivity index (χ4v) is 2.49. The summed E-state index contributed by atoms with van der Waals surface area (Å²) < 4.78 is 10.5. The van der Waals surface area contributed by atoms with Gasteiger partial charge in [0.05, 0.1) is 25.4 Å². The Bertz CT molecular complexity index is 888. The van der Waals surface area contributed by atoms with Gasteiger partial charge in [0, 0.05) is 16.3 Å². The van der Waals surface area contributed by atoms with Crippen LogP contribution in [0, 0.1) is 6.92 Å². The third kappa shape index (κ3) is 4.00. The minimum Gasteiger partial charge on any atom is -0.465 e. The number of methoxy groups -OCH3 is 1. The predicted octanol–water partition coefficient (Wildman–Crippen LogP) is 4.70. The van der Waals surface area contributed by atoms with Crippen molar-refractivity contribution in [1.82, 2.24) is 4.98 Å². The SMILES string of the molecule is COC(=O)c1ccc(C)c(NCc2ncc(-c3ccc(Cl)cc3)o2)c1. The van der Waals surface area contributed by atoms with Crippen LogP contribution in [0.2, 0.25) is 5.02 Å². The molecule has 0 atom stereocenters. The summed E-state index contributed by atoms with van der Waals surface area (Å²) in [6.45, 7) is 2.36. The first-order chi connectivity index (χ1) is 12.1. The summed E-state index contributed by atoms with van der Waals surface area (Å²) in [5.41, 5.74) is 3.24. The zero-order valence-electron chi connectivity index (χ0n) is 13.9. The quantitative estimate of drug-likeness (QED) is 0.671. The molecule has 0 aliphatic carbocycles. The van der Waals surface area contributed by atoms with Crippen molar-refractivity contribution in [3.8, 4) is 11.3 Å². The Balaban J connectivity index is 1.72. The van der Waals surface area contributed by atoms with Crippen LogP contribution in [-0.4, -0.2) is 18.1 Å². The molecule has 3 aromatic rings. The molecule has 1 aromatic heterocycles. The van der Waals surface area contributed by atoms with Gasteiger partial charge in [0.15, 0.2) is 5.76 Å². The average molecular weight is 357 g/mol. The third-order valence-electron chi connectivity index (χ3n) is 3.77. The van der Waals surface area contributed by atoms with Crippen molar-refractivity contribution in [2.24, 2.45) is 0 Å². The number of rotatable bonds is 5. The highest BCUT2D eigenvalue weighted by atomic mass is 35.5. The van der Waals surface area contributed by atoms with E-state index >= 15 is 0 Å². The van der Waals surface area contributed by atoms with Crippen molar-refractivity contribution in [1.29, 1.82) is 0 Å². The van der Waals surface area contributed by atoms with Crippen LogP contribution in [0.4, 0.5) is 5.69 Å². The van der Waals surface area contributed by atoms with Crippen LogP contribution in [0.3, 0.4) is 0 Å². The Hall–Kier alpha value is -2.79. The van der Waals surface area contributed by atoms with Gasteiger partial charge in [0.2, 0.25) is 5.89 Å². The number of hydrogen-bond donors (Lipinski definition) is 1. The smallest absolute Gasteiger partial charge is 0.337 e. The summed E-state index contributed by atoms with van der Waals surface area (Å²) in [7, 11) is 1.36. The van der Waals surface area contributed by atoms with E-state index in [4.69, 9.17) is 20.8 Å². The number of nitrogens with one attached hydrogen (secondary N) is 1. The first-order valence-electron chi connectivity index (χ1n) is 7.70. The van der Waals surface area contributed by atoms with Crippen molar-refractivity contribution in [2.75, 3.05) is 12.4 Å². The lowest BCUT2D eigenvalue weighted by molar-refractivity contribution is 0.0601. The van der Waals surface area contributed by atoms with Gasteiger partial charge in [-0.1, -0.05) is 17.7 Å². The highest BCUT2D eigenvalue weighted by Gasteiger charge is 2.10. The molecule has 1 heterocycles. The molecule has 6 heteroatoms. The van der Waals surface area contributed by atoms with E-state index in [0.29, 0.717) is 28.8 Å². The molecule has 0 amide bonds. The van der Waals surface area contributed by atoms with Crippen LogP contribution >= 0.6 is 11.6 Å². The molecule has 128 valence electrons. The molecule has 0 saturated heterocycles. The highest BCUT2D eigenvalue weighted by molar-refractivity contribution is 6.30. The summed E-state index contributed by atoms with van der Waals surface area (Å²) in [5.74, 6) is 0.852. The third-order valence-corrected chi connectivity index (χ3v) is 4.02. The van der Waals surface area contributed by atoms with Crippen LogP contribution in [-0.2, 0) is 11.3 Å². The minimum atomic E-state index is -0.371. The molecule has 5 nitrogen and oxygen atoms in total. The molecule has 25 heavy (non-hydrogen) atoms. The Morgan fingerprint density at radius 3 is 2.72 bits per heavy atom. The van der Waals surface area contributed by atoms with Crippen molar-refractivity contribution >= 4 is 23.3 Å². The lowest BCUT2D eigenvalue weighted by Gasteiger charge is -2.09. The van der Waals surface area contributed by atoms with Gasteiger partial charge in [0.25, 0.3) is 0 Å². The predicted molar refractivity (Wildman–Crippen MR) is 96.8 cm³/mol. The fourth-order valence-electron chi connectivity index (χ4n) is 2.37. The summed E-state index contributed by atoms with van der Waals surface area (Å²) in [6, 6.07) is 12.7. The number of esters is 1.